The number of fused-ring (bicyclic) bond motifs is 1. The second-order valence-corrected chi connectivity index (χ2v) is 11.5. The average Bonchev–Trinajstić information content (AvgIpc) is 3.24. The van der Waals surface area contributed by atoms with E-state index < -0.39 is 10.1 Å². The lowest BCUT2D eigenvalue weighted by Crippen LogP contribution is -2.36. The smallest absolute Gasteiger partial charge is 0.262 e. The molecule has 11 nitrogen and oxygen atoms in total. The minimum absolute atomic E-state index is 0.128. The second kappa shape index (κ2) is 11.8. The molecule has 0 unspecified atom stereocenters. The van der Waals surface area contributed by atoms with Crippen molar-refractivity contribution < 1.29 is 22.4 Å². The predicted molar refractivity (Wildman–Crippen MR) is 147 cm³/mol. The Morgan fingerprint density at radius 2 is 1.74 bits per heavy atom. The van der Waals surface area contributed by atoms with Gasteiger partial charge in [0.1, 0.15) is 17.0 Å². The third-order valence-corrected chi connectivity index (χ3v) is 7.29. The number of aromatic amines is 1. The van der Waals surface area contributed by atoms with Crippen molar-refractivity contribution in [1.29, 1.82) is 0 Å². The molecule has 2 fully saturated rings. The van der Waals surface area contributed by atoms with E-state index in [9.17, 15) is 13.2 Å². The molecule has 2 N–H and O–H groups in total. The number of methoxy groups -OCH3 is 2. The maximum absolute atomic E-state index is 13.2. The standard InChI is InChI=1S/C25H33N5O3.CH4O3S/c1-29-24-21(22(28-29)16-7-5-4-6-8-16)25(31)27-23(26-24)19-10-9-17(15-20(19)33-3)30-13-11-18(32-2)12-14-30;1-5(2,3)4/h9-10,15-16,18H,4-8,11-14H2,1-3H3,(H,26,27,31);1H3,(H,2,3,4). The molecular formula is C26H37N5O6S. The molecule has 0 radical (unpaired) electrons. The molecular weight excluding hydrogens is 510 g/mol. The van der Waals surface area contributed by atoms with Crippen LogP contribution in [0.2, 0.25) is 0 Å². The van der Waals surface area contributed by atoms with Crippen LogP contribution in [-0.2, 0) is 21.9 Å². The highest BCUT2D eigenvalue weighted by Crippen LogP contribution is 2.36. The van der Waals surface area contributed by atoms with Crippen molar-refractivity contribution in [2.75, 3.05) is 38.5 Å². The first-order chi connectivity index (χ1) is 18.1. The summed E-state index contributed by atoms with van der Waals surface area (Å²) >= 11 is 0. The zero-order valence-electron chi connectivity index (χ0n) is 22.4. The van der Waals surface area contributed by atoms with Crippen molar-refractivity contribution >= 4 is 26.8 Å². The number of nitrogens with one attached hydrogen (secondary N) is 1. The van der Waals surface area contributed by atoms with Crippen LogP contribution in [-0.4, -0.2) is 72.4 Å². The van der Waals surface area contributed by atoms with Crippen molar-refractivity contribution in [3.8, 4) is 17.1 Å². The number of aryl methyl sites for hydroxylation is 1. The number of ether oxygens (including phenoxy) is 2. The lowest BCUT2D eigenvalue weighted by molar-refractivity contribution is 0.0819. The first-order valence-electron chi connectivity index (χ1n) is 12.9. The summed E-state index contributed by atoms with van der Waals surface area (Å²) in [4.78, 5) is 23.4. The molecule has 3 heterocycles. The largest absolute Gasteiger partial charge is 0.496 e. The van der Waals surface area contributed by atoms with Gasteiger partial charge in [-0.15, -0.1) is 0 Å². The Kier molecular flexibility index (Phi) is 8.74. The number of anilines is 1. The van der Waals surface area contributed by atoms with E-state index in [-0.39, 0.29) is 5.56 Å². The molecule has 0 atom stereocenters. The van der Waals surface area contributed by atoms with Crippen LogP contribution in [0.1, 0.15) is 56.6 Å². The SMILES string of the molecule is COc1cc(N2CCC(OC)CC2)ccc1-c1nc2c(c(C3CCCCC3)nn2C)c(=O)[nH]1.CS(=O)(=O)O. The van der Waals surface area contributed by atoms with Crippen LogP contribution in [0.25, 0.3) is 22.4 Å². The first-order valence-corrected chi connectivity index (χ1v) is 14.8. The van der Waals surface area contributed by atoms with Gasteiger partial charge in [0, 0.05) is 44.9 Å². The lowest BCUT2D eigenvalue weighted by Gasteiger charge is -2.33. The third kappa shape index (κ3) is 6.54. The highest BCUT2D eigenvalue weighted by molar-refractivity contribution is 7.85. The monoisotopic (exact) mass is 547 g/mol. The van der Waals surface area contributed by atoms with E-state index in [1.165, 1.54) is 19.3 Å². The van der Waals surface area contributed by atoms with Crippen molar-refractivity contribution in [2.45, 2.75) is 57.0 Å². The number of hydrogen-bond donors (Lipinski definition) is 2. The van der Waals surface area contributed by atoms with Gasteiger partial charge in [-0.25, -0.2) is 9.67 Å². The van der Waals surface area contributed by atoms with Crippen LogP contribution in [0, 0.1) is 0 Å². The number of H-pyrrole nitrogens is 1. The fourth-order valence-electron chi connectivity index (χ4n) is 5.40. The van der Waals surface area contributed by atoms with Crippen LogP contribution in [0.15, 0.2) is 23.0 Å². The molecule has 1 saturated heterocycles. The summed E-state index contributed by atoms with van der Waals surface area (Å²) in [5.41, 5.74) is 3.27. The Morgan fingerprint density at radius 1 is 1.08 bits per heavy atom. The van der Waals surface area contributed by atoms with Crippen LogP contribution in [0.4, 0.5) is 5.69 Å². The van der Waals surface area contributed by atoms with Gasteiger partial charge >= 0.3 is 0 Å². The molecule has 12 heteroatoms. The zero-order chi connectivity index (χ0) is 27.4. The molecule has 3 aromatic rings. The maximum Gasteiger partial charge on any atom is 0.262 e. The van der Waals surface area contributed by atoms with Crippen molar-refractivity contribution in [3.63, 3.8) is 0 Å². The fourth-order valence-corrected chi connectivity index (χ4v) is 5.40. The molecule has 1 aromatic carbocycles. The number of nitrogens with zero attached hydrogens (tertiary/aromatic N) is 4. The third-order valence-electron chi connectivity index (χ3n) is 7.29. The summed E-state index contributed by atoms with van der Waals surface area (Å²) in [7, 11) is 1.64. The van der Waals surface area contributed by atoms with E-state index in [4.69, 9.17) is 24.1 Å². The molecule has 0 spiro atoms. The van der Waals surface area contributed by atoms with E-state index in [0.29, 0.717) is 40.9 Å². The maximum atomic E-state index is 13.2. The van der Waals surface area contributed by atoms with Crippen LogP contribution in [0.3, 0.4) is 0 Å². The quantitative estimate of drug-likeness (QED) is 0.459. The van der Waals surface area contributed by atoms with Gasteiger partial charge in [-0.1, -0.05) is 19.3 Å². The number of piperidine rings is 1. The molecule has 0 bridgehead atoms. The Bertz CT molecular complexity index is 1410. The highest BCUT2D eigenvalue weighted by Gasteiger charge is 2.25. The Morgan fingerprint density at radius 3 is 2.34 bits per heavy atom. The summed E-state index contributed by atoms with van der Waals surface area (Å²) in [5, 5.41) is 5.36. The van der Waals surface area contributed by atoms with Crippen LogP contribution >= 0.6 is 0 Å². The molecule has 38 heavy (non-hydrogen) atoms. The first kappa shape index (κ1) is 28.1. The predicted octanol–water partition coefficient (Wildman–Crippen LogP) is 3.50. The Balaban J connectivity index is 0.000000617. The normalized spacial score (nSPS) is 17.3. The van der Waals surface area contributed by atoms with Gasteiger partial charge < -0.3 is 19.4 Å². The molecule has 2 aromatic heterocycles. The minimum atomic E-state index is -3.67. The van der Waals surface area contributed by atoms with Crippen LogP contribution in [0.5, 0.6) is 5.75 Å². The van der Waals surface area contributed by atoms with Crippen molar-refractivity contribution in [1.82, 2.24) is 19.7 Å². The lowest BCUT2D eigenvalue weighted by atomic mass is 9.86. The van der Waals surface area contributed by atoms with Gasteiger partial charge in [-0.05, 0) is 37.8 Å². The van der Waals surface area contributed by atoms with Gasteiger partial charge in [-0.3, -0.25) is 9.35 Å². The molecule has 0 amide bonds. The van der Waals surface area contributed by atoms with Gasteiger partial charge in [0.2, 0.25) is 0 Å². The average molecular weight is 548 g/mol. The fraction of sp³-hybridized carbons (Fsp3) is 0.577. The number of rotatable bonds is 5. The summed E-state index contributed by atoms with van der Waals surface area (Å²) < 4.78 is 38.8. The Labute approximate surface area is 222 Å². The summed E-state index contributed by atoms with van der Waals surface area (Å²) in [6.07, 6.45) is 8.89. The van der Waals surface area contributed by atoms with E-state index in [0.717, 1.165) is 55.7 Å². The van der Waals surface area contributed by atoms with E-state index >= 15 is 0 Å². The van der Waals surface area contributed by atoms with Crippen molar-refractivity contribution in [2.24, 2.45) is 7.05 Å². The van der Waals surface area contributed by atoms with E-state index in [2.05, 4.69) is 16.0 Å². The van der Waals surface area contributed by atoms with E-state index in [1.807, 2.05) is 19.2 Å². The summed E-state index contributed by atoms with van der Waals surface area (Å²) in [6.45, 7) is 1.89. The Hall–Kier alpha value is -2.96. The van der Waals surface area contributed by atoms with E-state index in [1.54, 1.807) is 18.9 Å². The molecule has 5 rings (SSSR count). The molecule has 1 aliphatic heterocycles. The minimum Gasteiger partial charge on any atom is -0.496 e. The molecule has 1 saturated carbocycles. The van der Waals surface area contributed by atoms with Gasteiger partial charge in [0.05, 0.1) is 30.7 Å². The highest BCUT2D eigenvalue weighted by atomic mass is 32.2. The molecule has 208 valence electrons. The van der Waals surface area contributed by atoms with Gasteiger partial charge in [-0.2, -0.15) is 13.5 Å². The van der Waals surface area contributed by atoms with Crippen molar-refractivity contribution in [3.05, 3.63) is 34.2 Å². The molecule has 1 aliphatic carbocycles. The van der Waals surface area contributed by atoms with Crippen LogP contribution < -0.4 is 15.2 Å². The molecule has 2 aliphatic rings. The topological polar surface area (TPSA) is 140 Å². The summed E-state index contributed by atoms with van der Waals surface area (Å²) in [5.74, 6) is 1.54. The number of aromatic nitrogens is 4. The van der Waals surface area contributed by atoms with Gasteiger partial charge in [0.15, 0.2) is 5.65 Å². The second-order valence-electron chi connectivity index (χ2n) is 10.00. The number of benzene rings is 1. The summed E-state index contributed by atoms with van der Waals surface area (Å²) in [6, 6.07) is 6.09. The zero-order valence-corrected chi connectivity index (χ0v) is 23.3. The van der Waals surface area contributed by atoms with Gasteiger partial charge in [0.25, 0.3) is 15.7 Å². The number of hydrogen-bond acceptors (Lipinski definition) is 8.